The van der Waals surface area contributed by atoms with E-state index in [0.29, 0.717) is 52.3 Å². The Kier molecular flexibility index (Phi) is 19.7. The summed E-state index contributed by atoms with van der Waals surface area (Å²) in [5, 5.41) is 16.5. The molecule has 3 aliphatic rings. The molecule has 0 bridgehead atoms. The molecule has 19 heteroatoms. The van der Waals surface area contributed by atoms with Crippen LogP contribution in [0.15, 0.2) is 83.3 Å². The zero-order valence-electron chi connectivity index (χ0n) is 46.3. The molecule has 5 aromatic rings. The summed E-state index contributed by atoms with van der Waals surface area (Å²) in [7, 11) is -1.82. The topological polar surface area (TPSA) is 190 Å². The van der Waals surface area contributed by atoms with E-state index >= 15 is 0 Å². The lowest BCUT2D eigenvalue weighted by Crippen LogP contribution is -2.57. The number of piperazine rings is 1. The molecule has 3 fully saturated rings. The summed E-state index contributed by atoms with van der Waals surface area (Å²) in [5.41, 5.74) is 7.46. The summed E-state index contributed by atoms with van der Waals surface area (Å²) in [5.74, 6) is 0.468. The quantitative estimate of drug-likeness (QED) is 0.0602. The van der Waals surface area contributed by atoms with Crippen molar-refractivity contribution in [1.82, 2.24) is 40.3 Å². The van der Waals surface area contributed by atoms with E-state index in [1.807, 2.05) is 69.6 Å². The first kappa shape index (κ1) is 58.6. The van der Waals surface area contributed by atoms with Gasteiger partial charge in [0.2, 0.25) is 17.7 Å². The number of sulfone groups is 1. The number of halogens is 1. The third-order valence-corrected chi connectivity index (χ3v) is 19.1. The van der Waals surface area contributed by atoms with Crippen LogP contribution in [-0.4, -0.2) is 150 Å². The second-order valence-electron chi connectivity index (χ2n) is 22.5. The lowest BCUT2D eigenvalue weighted by molar-refractivity contribution is -0.144. The lowest BCUT2D eigenvalue weighted by atomic mass is 9.85. The monoisotopic (exact) mass is 1120 g/mol. The Labute approximate surface area is 470 Å². The molecule has 0 spiro atoms. The Morgan fingerprint density at radius 1 is 0.910 bits per heavy atom. The molecule has 3 atom stereocenters. The third-order valence-electron chi connectivity index (χ3n) is 15.6. The van der Waals surface area contributed by atoms with Crippen LogP contribution in [0.2, 0.25) is 5.02 Å². The molecule has 0 unspecified atom stereocenters. The Hall–Kier alpha value is -5.50. The molecule has 5 heterocycles. The van der Waals surface area contributed by atoms with Gasteiger partial charge in [0.15, 0.2) is 9.84 Å². The van der Waals surface area contributed by atoms with E-state index in [2.05, 4.69) is 53.5 Å². The number of aliphatic hydroxyl groups excluding tert-OH is 1. The van der Waals surface area contributed by atoms with Gasteiger partial charge in [-0.1, -0.05) is 87.3 Å². The predicted molar refractivity (Wildman–Crippen MR) is 308 cm³/mol. The van der Waals surface area contributed by atoms with Gasteiger partial charge in [-0.05, 0) is 87.2 Å². The molecule has 3 amide bonds. The number of methoxy groups -OCH3 is 1. The minimum absolute atomic E-state index is 0.0339. The molecule has 3 N–H and O–H groups in total. The third kappa shape index (κ3) is 14.6. The average molecular weight is 1120 g/mol. The number of benzene rings is 3. The van der Waals surface area contributed by atoms with Gasteiger partial charge in [0.1, 0.15) is 23.7 Å². The first-order valence-electron chi connectivity index (χ1n) is 27.5. The Bertz CT molecular complexity index is 2970. The van der Waals surface area contributed by atoms with Crippen molar-refractivity contribution >= 4 is 56.2 Å². The molecule has 3 saturated heterocycles. The van der Waals surface area contributed by atoms with Crippen molar-refractivity contribution in [3.63, 3.8) is 0 Å². The molecule has 2 aromatic heterocycles. The summed E-state index contributed by atoms with van der Waals surface area (Å²) in [4.78, 5) is 65.2. The van der Waals surface area contributed by atoms with E-state index in [1.165, 1.54) is 4.90 Å². The Morgan fingerprint density at radius 2 is 1.64 bits per heavy atom. The number of nitrogens with one attached hydrogen (secondary N) is 2. The number of aromatic nitrogens is 3. The number of hydrogen-bond acceptors (Lipinski definition) is 14. The zero-order valence-corrected chi connectivity index (χ0v) is 48.7. The van der Waals surface area contributed by atoms with Gasteiger partial charge in [0.05, 0.1) is 50.2 Å². The molecular weight excluding hydrogens is 1050 g/mol. The van der Waals surface area contributed by atoms with Crippen LogP contribution in [0.5, 0.6) is 5.75 Å². The number of amides is 3. The molecule has 78 heavy (non-hydrogen) atoms. The maximum absolute atomic E-state index is 14.1. The normalized spacial score (nSPS) is 18.3. The van der Waals surface area contributed by atoms with Crippen LogP contribution in [0.25, 0.3) is 10.4 Å². The van der Waals surface area contributed by atoms with Crippen molar-refractivity contribution in [3.05, 3.63) is 117 Å². The van der Waals surface area contributed by atoms with Gasteiger partial charge in [-0.3, -0.25) is 19.3 Å². The van der Waals surface area contributed by atoms with Gasteiger partial charge >= 0.3 is 0 Å². The standard InChI is InChI=1S/C59H78ClN9O7S2/c1-39(2)78(74,75)52-14-11-10-13-44(52)31-49-48(60)36-61-53(64-49)32-43-20-21-46(33-51(43)76-7)67-25-22-45(23-26-67)68-29-27-66(28-30-68)24-12-8-9-15-54(71)65-56(59(4,5)6)58(73)69-37-47(70)34-50(69)57(72)62-35-41-16-18-42(19-17-41)55-40(3)63-38-77-55/h10-11,13-14,16-21,33,36,38-39,45,47,50,56,70H,8-9,12,15,22-32,34-35,37H2,1-7H3,(H,62,72)(H,65,71)/t47-,50+,56-/m1/s1. The van der Waals surface area contributed by atoms with Crippen molar-refractivity contribution in [1.29, 1.82) is 0 Å². The number of nitrogens with zero attached hydrogens (tertiary/aromatic N) is 7. The highest BCUT2D eigenvalue weighted by atomic mass is 35.5. The second kappa shape index (κ2) is 26.2. The SMILES string of the molecule is COc1cc(N2CCC(N3CCN(CCCCCC(=O)N[C@H](C(=O)N4C[C@H](O)C[C@H]4C(=O)NCc4ccc(-c5scnc5C)cc4)C(C)(C)C)CC3)CC2)ccc1Cc1ncc(Cl)c(Cc2ccccc2S(=O)(=O)C(C)C)n1. The number of aryl methyl sites for hydroxylation is 1. The molecule has 16 nitrogen and oxygen atoms in total. The minimum Gasteiger partial charge on any atom is -0.496 e. The highest BCUT2D eigenvalue weighted by Gasteiger charge is 2.44. The van der Waals surface area contributed by atoms with Crippen LogP contribution in [-0.2, 0) is 43.6 Å². The van der Waals surface area contributed by atoms with Gasteiger partial charge in [-0.25, -0.2) is 23.4 Å². The van der Waals surface area contributed by atoms with Crippen molar-refractivity contribution in [2.24, 2.45) is 5.41 Å². The van der Waals surface area contributed by atoms with Crippen molar-refractivity contribution in [3.8, 4) is 16.2 Å². The van der Waals surface area contributed by atoms with Crippen molar-refractivity contribution < 1.29 is 32.6 Å². The minimum atomic E-state index is -3.50. The van der Waals surface area contributed by atoms with Crippen LogP contribution in [0.4, 0.5) is 5.69 Å². The van der Waals surface area contributed by atoms with Crippen molar-refractivity contribution in [2.45, 2.75) is 140 Å². The van der Waals surface area contributed by atoms with Crippen LogP contribution in [0, 0.1) is 12.3 Å². The summed E-state index contributed by atoms with van der Waals surface area (Å²) in [6.45, 7) is 18.4. The number of carbonyl (C=O) groups is 3. The first-order valence-corrected chi connectivity index (χ1v) is 30.3. The lowest BCUT2D eigenvalue weighted by Gasteiger charge is -2.43. The van der Waals surface area contributed by atoms with E-state index in [4.69, 9.17) is 21.3 Å². The number of thiazole rings is 1. The number of ether oxygens (including phenoxy) is 1. The van der Waals surface area contributed by atoms with E-state index in [0.717, 1.165) is 110 Å². The number of anilines is 1. The molecule has 0 saturated carbocycles. The highest BCUT2D eigenvalue weighted by Crippen LogP contribution is 2.33. The number of hydrogen-bond donors (Lipinski definition) is 3. The van der Waals surface area contributed by atoms with Crippen molar-refractivity contribution in [2.75, 3.05) is 64.4 Å². The van der Waals surface area contributed by atoms with E-state index in [-0.39, 0.29) is 43.7 Å². The number of unbranched alkanes of at least 4 members (excludes halogenated alkanes) is 2. The fourth-order valence-electron chi connectivity index (χ4n) is 10.9. The summed E-state index contributed by atoms with van der Waals surface area (Å²) < 4.78 is 32.2. The Morgan fingerprint density at radius 3 is 2.32 bits per heavy atom. The number of likely N-dealkylation sites (tertiary alicyclic amines) is 1. The van der Waals surface area contributed by atoms with Gasteiger partial charge in [0.25, 0.3) is 0 Å². The summed E-state index contributed by atoms with van der Waals surface area (Å²) in [6.07, 6.45) is 6.66. The highest BCUT2D eigenvalue weighted by molar-refractivity contribution is 7.92. The van der Waals surface area contributed by atoms with Crippen LogP contribution in [0.1, 0.15) is 113 Å². The van der Waals surface area contributed by atoms with Crippen LogP contribution >= 0.6 is 22.9 Å². The van der Waals surface area contributed by atoms with Crippen LogP contribution in [0.3, 0.4) is 0 Å². The molecule has 420 valence electrons. The molecule has 3 aliphatic heterocycles. The van der Waals surface area contributed by atoms with Gasteiger partial charge < -0.3 is 35.2 Å². The molecule has 0 radical (unpaired) electrons. The number of aliphatic hydroxyl groups is 1. The van der Waals surface area contributed by atoms with E-state index in [9.17, 15) is 27.9 Å². The predicted octanol–water partition coefficient (Wildman–Crippen LogP) is 7.89. The molecule has 8 rings (SSSR count). The maximum Gasteiger partial charge on any atom is 0.246 e. The maximum atomic E-state index is 14.1. The number of piperidine rings is 1. The fraction of sp³-hybridized carbons (Fsp3) is 0.525. The van der Waals surface area contributed by atoms with Crippen LogP contribution < -0.4 is 20.3 Å². The largest absolute Gasteiger partial charge is 0.496 e. The average Bonchev–Trinajstić information content (AvgIpc) is 4.10. The zero-order chi connectivity index (χ0) is 55.7. The van der Waals surface area contributed by atoms with E-state index in [1.54, 1.807) is 50.6 Å². The number of carbonyl (C=O) groups excluding carboxylic acids is 3. The first-order chi connectivity index (χ1) is 37.3. The molecular formula is C59H78ClN9O7S2. The molecule has 0 aliphatic carbocycles. The summed E-state index contributed by atoms with van der Waals surface area (Å²) in [6, 6.07) is 20.2. The molecule has 3 aromatic carbocycles. The van der Waals surface area contributed by atoms with Gasteiger partial charge in [0, 0.05) is 108 Å². The summed E-state index contributed by atoms with van der Waals surface area (Å²) >= 11 is 8.17. The number of rotatable bonds is 21. The number of β-amino-alcohol motifs (C(OH)–C–C–N with tert-alkyl or cyclic N) is 1. The fourth-order valence-corrected chi connectivity index (χ4v) is 13.2. The second-order valence-corrected chi connectivity index (χ2v) is 26.2. The van der Waals surface area contributed by atoms with Gasteiger partial charge in [-0.15, -0.1) is 11.3 Å². The van der Waals surface area contributed by atoms with Gasteiger partial charge in [-0.2, -0.15) is 0 Å². The van der Waals surface area contributed by atoms with E-state index < -0.39 is 38.7 Å². The Balaban J connectivity index is 0.736. The smallest absolute Gasteiger partial charge is 0.246 e.